The standard InChI is InChI=1S/C22H26O6S/c1-4-8-28-19-6-5-17(15(2)10-19)14-29(27)9-7-16-11-18(20(23)24)13-22(3,12-16)21(25)26/h4-6,10-12H,1,7-9,13-14H2,2-3H3,(H,23,24)(H,25,26). The average molecular weight is 419 g/mol. The molecular weight excluding hydrogens is 392 g/mol. The summed E-state index contributed by atoms with van der Waals surface area (Å²) in [6, 6.07) is 5.60. The highest BCUT2D eigenvalue weighted by molar-refractivity contribution is 7.90. The van der Waals surface area contributed by atoms with Gasteiger partial charge in [0.15, 0.2) is 0 Å². The van der Waals surface area contributed by atoms with E-state index in [9.17, 15) is 24.4 Å². The van der Waals surface area contributed by atoms with E-state index in [0.29, 0.717) is 30.1 Å². The van der Waals surface area contributed by atoms with Crippen molar-refractivity contribution in [3.63, 3.8) is 0 Å². The molecule has 7 heteroatoms. The Morgan fingerprint density at radius 2 is 2.10 bits per heavy atom. The fourth-order valence-electron chi connectivity index (χ4n) is 3.14. The first-order valence-corrected chi connectivity index (χ1v) is 10.7. The number of benzene rings is 1. The SMILES string of the molecule is C=CCOc1ccc(C[S+]([O-])CCC2=CC(C)(C(=O)O)CC(C(=O)O)=C2)c(C)c1. The van der Waals surface area contributed by atoms with Gasteiger partial charge in [0, 0.05) is 17.6 Å². The van der Waals surface area contributed by atoms with E-state index in [2.05, 4.69) is 6.58 Å². The topological polar surface area (TPSA) is 107 Å². The number of aryl methyl sites for hydroxylation is 1. The predicted octanol–water partition coefficient (Wildman–Crippen LogP) is 3.63. The second kappa shape index (κ2) is 9.80. The van der Waals surface area contributed by atoms with Crippen molar-refractivity contribution >= 4 is 23.1 Å². The third-order valence-corrected chi connectivity index (χ3v) is 6.09. The molecule has 156 valence electrons. The van der Waals surface area contributed by atoms with Crippen molar-refractivity contribution in [3.8, 4) is 5.75 Å². The Kier molecular flexibility index (Phi) is 7.70. The zero-order chi connectivity index (χ0) is 21.6. The van der Waals surface area contributed by atoms with E-state index in [1.54, 1.807) is 12.2 Å². The number of rotatable bonds is 10. The first kappa shape index (κ1) is 22.8. The number of aliphatic carboxylic acids is 2. The molecule has 0 heterocycles. The number of hydrogen-bond acceptors (Lipinski definition) is 4. The van der Waals surface area contributed by atoms with Crippen LogP contribution in [0.4, 0.5) is 0 Å². The largest absolute Gasteiger partial charge is 0.616 e. The maximum Gasteiger partial charge on any atom is 0.331 e. The average Bonchev–Trinajstić information content (AvgIpc) is 2.66. The zero-order valence-electron chi connectivity index (χ0n) is 16.6. The van der Waals surface area contributed by atoms with Crippen molar-refractivity contribution in [2.75, 3.05) is 12.4 Å². The van der Waals surface area contributed by atoms with Gasteiger partial charge in [-0.1, -0.05) is 24.8 Å². The van der Waals surface area contributed by atoms with Crippen LogP contribution in [0.2, 0.25) is 0 Å². The molecule has 2 rings (SSSR count). The quantitative estimate of drug-likeness (QED) is 0.444. The molecule has 1 aliphatic rings. The highest BCUT2D eigenvalue weighted by Gasteiger charge is 2.36. The number of carboxylic acid groups (broad SMARTS) is 2. The smallest absolute Gasteiger partial charge is 0.331 e. The molecular formula is C22H26O6S. The molecule has 1 aromatic carbocycles. The summed E-state index contributed by atoms with van der Waals surface area (Å²) >= 11 is -1.17. The third kappa shape index (κ3) is 6.24. The van der Waals surface area contributed by atoms with Gasteiger partial charge in [0.2, 0.25) is 0 Å². The Bertz CT molecular complexity index is 857. The summed E-state index contributed by atoms with van der Waals surface area (Å²) in [4.78, 5) is 22.9. The van der Waals surface area contributed by atoms with Crippen LogP contribution in [0.1, 0.15) is 30.9 Å². The fourth-order valence-corrected chi connectivity index (χ4v) is 4.42. The van der Waals surface area contributed by atoms with E-state index in [4.69, 9.17) is 4.74 Å². The highest BCUT2D eigenvalue weighted by atomic mass is 32.2. The van der Waals surface area contributed by atoms with Gasteiger partial charge in [-0.3, -0.25) is 4.79 Å². The van der Waals surface area contributed by atoms with Gasteiger partial charge in [0.05, 0.1) is 5.41 Å². The van der Waals surface area contributed by atoms with Crippen LogP contribution in [-0.4, -0.2) is 39.1 Å². The summed E-state index contributed by atoms with van der Waals surface area (Å²) in [6.07, 6.45) is 5.03. The molecule has 1 aliphatic carbocycles. The number of ether oxygens (including phenoxy) is 1. The molecule has 0 bridgehead atoms. The van der Waals surface area contributed by atoms with E-state index in [1.165, 1.54) is 13.0 Å². The Morgan fingerprint density at radius 1 is 1.38 bits per heavy atom. The molecule has 0 amide bonds. The second-order valence-corrected chi connectivity index (χ2v) is 8.90. The van der Waals surface area contributed by atoms with Crippen molar-refractivity contribution in [3.05, 3.63) is 65.3 Å². The van der Waals surface area contributed by atoms with Gasteiger partial charge in [0.1, 0.15) is 23.9 Å². The Balaban J connectivity index is 2.03. The van der Waals surface area contributed by atoms with Gasteiger partial charge in [0.25, 0.3) is 0 Å². The van der Waals surface area contributed by atoms with Gasteiger partial charge in [-0.25, -0.2) is 4.79 Å². The van der Waals surface area contributed by atoms with Gasteiger partial charge in [-0.2, -0.15) is 0 Å². The van der Waals surface area contributed by atoms with Crippen LogP contribution in [0.5, 0.6) is 5.75 Å². The molecule has 0 saturated heterocycles. The number of hydrogen-bond donors (Lipinski definition) is 2. The molecule has 0 radical (unpaired) electrons. The highest BCUT2D eigenvalue weighted by Crippen LogP contribution is 2.35. The minimum absolute atomic E-state index is 0.0594. The van der Waals surface area contributed by atoms with E-state index >= 15 is 0 Å². The van der Waals surface area contributed by atoms with Crippen molar-refractivity contribution < 1.29 is 29.1 Å². The van der Waals surface area contributed by atoms with Crippen molar-refractivity contribution in [2.45, 2.75) is 32.4 Å². The molecule has 0 saturated carbocycles. The Hall–Kier alpha value is -2.51. The van der Waals surface area contributed by atoms with E-state index < -0.39 is 28.5 Å². The van der Waals surface area contributed by atoms with E-state index in [0.717, 1.165) is 16.9 Å². The lowest BCUT2D eigenvalue weighted by Crippen LogP contribution is -2.30. The van der Waals surface area contributed by atoms with Crippen LogP contribution in [0.15, 0.2) is 54.2 Å². The summed E-state index contributed by atoms with van der Waals surface area (Å²) in [7, 11) is 0. The molecule has 29 heavy (non-hydrogen) atoms. The van der Waals surface area contributed by atoms with Gasteiger partial charge >= 0.3 is 11.9 Å². The van der Waals surface area contributed by atoms with Gasteiger partial charge < -0.3 is 19.5 Å². The molecule has 2 N–H and O–H groups in total. The first-order chi connectivity index (χ1) is 13.6. The van der Waals surface area contributed by atoms with Crippen molar-refractivity contribution in [2.24, 2.45) is 5.41 Å². The number of allylic oxidation sites excluding steroid dienone is 2. The monoisotopic (exact) mass is 418 g/mol. The van der Waals surface area contributed by atoms with Crippen molar-refractivity contribution in [1.82, 2.24) is 0 Å². The molecule has 0 fully saturated rings. The second-order valence-electron chi connectivity index (χ2n) is 7.32. The van der Waals surface area contributed by atoms with Crippen LogP contribution in [-0.2, 0) is 26.5 Å². The lowest BCUT2D eigenvalue weighted by molar-refractivity contribution is -0.145. The van der Waals surface area contributed by atoms with Crippen LogP contribution in [0, 0.1) is 12.3 Å². The third-order valence-electron chi connectivity index (χ3n) is 4.80. The van der Waals surface area contributed by atoms with Crippen LogP contribution in [0.25, 0.3) is 0 Å². The predicted molar refractivity (Wildman–Crippen MR) is 112 cm³/mol. The van der Waals surface area contributed by atoms with E-state index in [-0.39, 0.29) is 12.0 Å². The molecule has 0 spiro atoms. The summed E-state index contributed by atoms with van der Waals surface area (Å²) in [5.74, 6) is -0.787. The van der Waals surface area contributed by atoms with E-state index in [1.807, 2.05) is 25.1 Å². The van der Waals surface area contributed by atoms with Crippen LogP contribution < -0.4 is 4.74 Å². The summed E-state index contributed by atoms with van der Waals surface area (Å²) in [5.41, 5.74) is 1.31. The molecule has 1 aromatic rings. The number of carbonyl (C=O) groups is 2. The first-order valence-electron chi connectivity index (χ1n) is 9.22. The lowest BCUT2D eigenvalue weighted by atomic mass is 9.77. The maximum atomic E-state index is 12.6. The van der Waals surface area contributed by atoms with Crippen LogP contribution >= 0.6 is 0 Å². The molecule has 2 atom stereocenters. The Labute approximate surface area is 173 Å². The lowest BCUT2D eigenvalue weighted by Gasteiger charge is -2.26. The minimum Gasteiger partial charge on any atom is -0.616 e. The summed E-state index contributed by atoms with van der Waals surface area (Å²) < 4.78 is 18.0. The zero-order valence-corrected chi connectivity index (χ0v) is 17.5. The molecule has 0 aromatic heterocycles. The molecule has 0 aliphatic heterocycles. The van der Waals surface area contributed by atoms with Gasteiger partial charge in [-0.15, -0.1) is 0 Å². The number of carboxylic acids is 2. The molecule has 6 nitrogen and oxygen atoms in total. The van der Waals surface area contributed by atoms with Crippen LogP contribution in [0.3, 0.4) is 0 Å². The normalized spacial score (nSPS) is 19.7. The summed E-state index contributed by atoms with van der Waals surface area (Å²) in [6.45, 7) is 7.45. The minimum atomic E-state index is -1.27. The van der Waals surface area contributed by atoms with Gasteiger partial charge in [-0.05, 0) is 60.8 Å². The Morgan fingerprint density at radius 3 is 2.69 bits per heavy atom. The van der Waals surface area contributed by atoms with Crippen molar-refractivity contribution in [1.29, 1.82) is 0 Å². The fraction of sp³-hybridized carbons (Fsp3) is 0.364. The molecule has 2 unspecified atom stereocenters. The maximum absolute atomic E-state index is 12.6. The summed E-state index contributed by atoms with van der Waals surface area (Å²) in [5, 5.41) is 18.7.